The number of para-hydroxylation sites is 2. The van der Waals surface area contributed by atoms with Crippen molar-refractivity contribution in [1.29, 1.82) is 5.26 Å². The largest absolute Gasteiger partial charge is 0.439 e. The summed E-state index contributed by atoms with van der Waals surface area (Å²) in [6.07, 6.45) is 0. The number of allylic oxidation sites excluding steroid dienone is 1. The van der Waals surface area contributed by atoms with E-state index in [1.807, 2.05) is 85.8 Å². The Morgan fingerprint density at radius 1 is 0.968 bits per heavy atom. The molecule has 1 aliphatic heterocycles. The molecule has 0 saturated heterocycles. The number of nitrogens with two attached hydrogens (primary N) is 1. The van der Waals surface area contributed by atoms with Gasteiger partial charge < -0.3 is 10.5 Å². The van der Waals surface area contributed by atoms with Crippen LogP contribution < -0.4 is 16.0 Å². The molecule has 3 aromatic carbocycles. The van der Waals surface area contributed by atoms with Crippen LogP contribution in [-0.4, -0.2) is 4.57 Å². The molecule has 1 unspecified atom stereocenters. The van der Waals surface area contributed by atoms with Crippen molar-refractivity contribution in [2.45, 2.75) is 12.8 Å². The zero-order valence-electron chi connectivity index (χ0n) is 16.9. The number of nitrogens with zero attached hydrogens (tertiary/aromatic N) is 2. The maximum absolute atomic E-state index is 14.0. The summed E-state index contributed by atoms with van der Waals surface area (Å²) in [7, 11) is 0. The van der Waals surface area contributed by atoms with Crippen LogP contribution in [0.3, 0.4) is 0 Å². The SMILES string of the molecule is Cc1ccccc1C1C(C#N)=C(N)Oc2c1c(=O)n(-c1ccccc1)c1ccccc21. The summed E-state index contributed by atoms with van der Waals surface area (Å²) in [6, 6.07) is 27.0. The van der Waals surface area contributed by atoms with E-state index >= 15 is 0 Å². The first-order chi connectivity index (χ1) is 15.1. The molecular formula is C26H19N3O2. The van der Waals surface area contributed by atoms with Gasteiger partial charge in [0, 0.05) is 11.1 Å². The summed E-state index contributed by atoms with van der Waals surface area (Å²) in [5.74, 6) is -0.162. The van der Waals surface area contributed by atoms with Crippen molar-refractivity contribution in [2.75, 3.05) is 0 Å². The molecule has 1 aliphatic rings. The van der Waals surface area contributed by atoms with Gasteiger partial charge in [0.1, 0.15) is 17.4 Å². The second kappa shape index (κ2) is 7.19. The lowest BCUT2D eigenvalue weighted by Crippen LogP contribution is -2.31. The van der Waals surface area contributed by atoms with E-state index in [0.29, 0.717) is 16.8 Å². The van der Waals surface area contributed by atoms with E-state index in [2.05, 4.69) is 6.07 Å². The summed E-state index contributed by atoms with van der Waals surface area (Å²) in [4.78, 5) is 14.0. The molecule has 0 amide bonds. The van der Waals surface area contributed by atoms with Gasteiger partial charge in [-0.05, 0) is 42.3 Å². The van der Waals surface area contributed by atoms with E-state index < -0.39 is 5.92 Å². The number of hydrogen-bond donors (Lipinski definition) is 1. The van der Waals surface area contributed by atoms with Crippen molar-refractivity contribution < 1.29 is 4.74 Å². The second-order valence-electron chi connectivity index (χ2n) is 7.52. The molecular weight excluding hydrogens is 386 g/mol. The number of aryl methyl sites for hydroxylation is 1. The fraction of sp³-hybridized carbons (Fsp3) is 0.0769. The van der Waals surface area contributed by atoms with Gasteiger partial charge in [-0.15, -0.1) is 0 Å². The summed E-state index contributed by atoms with van der Waals surface area (Å²) in [5.41, 5.74) is 9.93. The van der Waals surface area contributed by atoms with E-state index in [0.717, 1.165) is 22.2 Å². The summed E-state index contributed by atoms with van der Waals surface area (Å²) in [6.45, 7) is 1.96. The maximum Gasteiger partial charge on any atom is 0.263 e. The smallest absolute Gasteiger partial charge is 0.263 e. The van der Waals surface area contributed by atoms with E-state index in [1.54, 1.807) is 4.57 Å². The van der Waals surface area contributed by atoms with Crippen LogP contribution in [0.1, 0.15) is 22.6 Å². The molecule has 0 aliphatic carbocycles. The summed E-state index contributed by atoms with van der Waals surface area (Å²) in [5, 5.41) is 10.7. The Morgan fingerprint density at radius 2 is 1.65 bits per heavy atom. The Bertz CT molecular complexity index is 1460. The third-order valence-electron chi connectivity index (χ3n) is 5.76. The molecule has 2 N–H and O–H groups in total. The first-order valence-corrected chi connectivity index (χ1v) is 9.98. The lowest BCUT2D eigenvalue weighted by atomic mass is 9.81. The second-order valence-corrected chi connectivity index (χ2v) is 7.52. The Hall–Kier alpha value is -4.30. The lowest BCUT2D eigenvalue weighted by Gasteiger charge is -2.29. The third kappa shape index (κ3) is 2.81. The zero-order chi connectivity index (χ0) is 21.5. The highest BCUT2D eigenvalue weighted by atomic mass is 16.5. The van der Waals surface area contributed by atoms with Crippen molar-refractivity contribution in [1.82, 2.24) is 4.57 Å². The van der Waals surface area contributed by atoms with Crippen molar-refractivity contribution in [2.24, 2.45) is 5.73 Å². The van der Waals surface area contributed by atoms with Crippen LogP contribution >= 0.6 is 0 Å². The number of fused-ring (bicyclic) bond motifs is 3. The zero-order valence-corrected chi connectivity index (χ0v) is 16.9. The minimum absolute atomic E-state index is 0.0327. The molecule has 0 spiro atoms. The topological polar surface area (TPSA) is 81.0 Å². The van der Waals surface area contributed by atoms with Crippen molar-refractivity contribution in [3.63, 3.8) is 0 Å². The van der Waals surface area contributed by atoms with Crippen LogP contribution in [0.25, 0.3) is 16.6 Å². The summed E-state index contributed by atoms with van der Waals surface area (Å²) >= 11 is 0. The van der Waals surface area contributed by atoms with Crippen LogP contribution in [0.15, 0.2) is 95.1 Å². The number of hydrogen-bond acceptors (Lipinski definition) is 4. The number of nitriles is 1. The number of pyridine rings is 1. The minimum atomic E-state index is -0.609. The number of ether oxygens (including phenoxy) is 1. The molecule has 0 saturated carbocycles. The molecule has 5 nitrogen and oxygen atoms in total. The Balaban J connectivity index is 1.95. The molecule has 150 valence electrons. The maximum atomic E-state index is 14.0. The van der Waals surface area contributed by atoms with Gasteiger partial charge in [-0.1, -0.05) is 54.6 Å². The average molecular weight is 405 g/mol. The fourth-order valence-electron chi connectivity index (χ4n) is 4.32. The highest BCUT2D eigenvalue weighted by Crippen LogP contribution is 2.44. The van der Waals surface area contributed by atoms with E-state index in [1.165, 1.54) is 0 Å². The quantitative estimate of drug-likeness (QED) is 0.532. The lowest BCUT2D eigenvalue weighted by molar-refractivity contribution is 0.396. The average Bonchev–Trinajstić information content (AvgIpc) is 2.79. The van der Waals surface area contributed by atoms with Gasteiger partial charge in [-0.3, -0.25) is 9.36 Å². The van der Waals surface area contributed by atoms with Gasteiger partial charge >= 0.3 is 0 Å². The Labute approximate surface area is 179 Å². The van der Waals surface area contributed by atoms with E-state index in [4.69, 9.17) is 10.5 Å². The molecule has 31 heavy (non-hydrogen) atoms. The molecule has 1 atom stereocenters. The van der Waals surface area contributed by atoms with E-state index in [9.17, 15) is 10.1 Å². The molecule has 0 bridgehead atoms. The molecule has 1 aromatic heterocycles. The Kier molecular flexibility index (Phi) is 4.34. The molecule has 0 radical (unpaired) electrons. The highest BCUT2D eigenvalue weighted by Gasteiger charge is 2.36. The van der Waals surface area contributed by atoms with Gasteiger partial charge in [-0.2, -0.15) is 5.26 Å². The number of rotatable bonds is 2. The van der Waals surface area contributed by atoms with Gasteiger partial charge in [0.2, 0.25) is 5.88 Å². The predicted octanol–water partition coefficient (Wildman–Crippen LogP) is 4.52. The molecule has 0 fully saturated rings. The van der Waals surface area contributed by atoms with Crippen LogP contribution in [0.2, 0.25) is 0 Å². The minimum Gasteiger partial charge on any atom is -0.439 e. The van der Waals surface area contributed by atoms with Crippen molar-refractivity contribution in [3.8, 4) is 17.5 Å². The monoisotopic (exact) mass is 405 g/mol. The highest BCUT2D eigenvalue weighted by molar-refractivity contribution is 5.89. The van der Waals surface area contributed by atoms with Crippen molar-refractivity contribution >= 4 is 10.9 Å². The van der Waals surface area contributed by atoms with Gasteiger partial charge in [0.05, 0.1) is 17.0 Å². The summed E-state index contributed by atoms with van der Waals surface area (Å²) < 4.78 is 7.61. The first kappa shape index (κ1) is 18.7. The van der Waals surface area contributed by atoms with Crippen LogP contribution in [0, 0.1) is 18.3 Å². The van der Waals surface area contributed by atoms with Gasteiger partial charge in [0.25, 0.3) is 5.56 Å². The fourth-order valence-corrected chi connectivity index (χ4v) is 4.32. The van der Waals surface area contributed by atoms with Crippen LogP contribution in [0.4, 0.5) is 0 Å². The number of benzene rings is 3. The predicted molar refractivity (Wildman–Crippen MR) is 120 cm³/mol. The normalized spacial score (nSPS) is 15.3. The van der Waals surface area contributed by atoms with Crippen LogP contribution in [0.5, 0.6) is 5.75 Å². The van der Waals surface area contributed by atoms with Gasteiger partial charge in [-0.25, -0.2) is 0 Å². The first-order valence-electron chi connectivity index (χ1n) is 9.98. The molecule has 5 heteroatoms. The van der Waals surface area contributed by atoms with E-state index in [-0.39, 0.29) is 17.0 Å². The van der Waals surface area contributed by atoms with Gasteiger partial charge in [0.15, 0.2) is 0 Å². The number of aromatic nitrogens is 1. The van der Waals surface area contributed by atoms with Crippen LogP contribution in [-0.2, 0) is 0 Å². The molecule has 4 aromatic rings. The molecule has 5 rings (SSSR count). The Morgan fingerprint density at radius 3 is 2.39 bits per heavy atom. The van der Waals surface area contributed by atoms with Crippen molar-refractivity contribution in [3.05, 3.63) is 117 Å². The molecule has 2 heterocycles. The standard InChI is InChI=1S/C26H19N3O2/c1-16-9-5-6-12-18(16)22-20(15-27)25(28)31-24-19-13-7-8-14-21(19)29(26(30)23(22)24)17-10-3-2-4-11-17/h2-14,22H,28H2,1H3. The third-order valence-corrected chi connectivity index (χ3v) is 5.76.